The average Bonchev–Trinajstić information content (AvgIpc) is 2.91. The molecule has 4 rings (SSSR count). The SMILES string of the molecule is CC(C)(C)OC(=O)N1CCc2cc(Br)ccc2[C@H]1CN1C(=O)c2ccccc2C1=O. The van der Waals surface area contributed by atoms with Crippen molar-refractivity contribution in [1.82, 2.24) is 9.80 Å². The third-order valence-corrected chi connectivity index (χ3v) is 5.82. The van der Waals surface area contributed by atoms with Gasteiger partial charge in [-0.3, -0.25) is 19.4 Å². The van der Waals surface area contributed by atoms with E-state index in [0.717, 1.165) is 15.6 Å². The molecule has 1 atom stereocenters. The largest absolute Gasteiger partial charge is 0.444 e. The molecule has 156 valence electrons. The Kier molecular flexibility index (Phi) is 5.18. The Morgan fingerprint density at radius 3 is 2.33 bits per heavy atom. The Morgan fingerprint density at radius 2 is 1.73 bits per heavy atom. The van der Waals surface area contributed by atoms with E-state index in [1.165, 1.54) is 4.90 Å². The summed E-state index contributed by atoms with van der Waals surface area (Å²) < 4.78 is 6.57. The molecule has 2 aliphatic heterocycles. The minimum atomic E-state index is -0.642. The van der Waals surface area contributed by atoms with Gasteiger partial charge in [-0.2, -0.15) is 0 Å². The molecule has 2 heterocycles. The lowest BCUT2D eigenvalue weighted by atomic mass is 9.92. The predicted molar refractivity (Wildman–Crippen MR) is 115 cm³/mol. The van der Waals surface area contributed by atoms with Crippen molar-refractivity contribution in [3.63, 3.8) is 0 Å². The molecular weight excluding hydrogens is 448 g/mol. The molecular formula is C23H23BrN2O4. The summed E-state index contributed by atoms with van der Waals surface area (Å²) in [6, 6.07) is 12.2. The maximum atomic E-state index is 13.0. The van der Waals surface area contributed by atoms with E-state index in [1.807, 2.05) is 39.0 Å². The van der Waals surface area contributed by atoms with Crippen LogP contribution in [0.25, 0.3) is 0 Å². The minimum Gasteiger partial charge on any atom is -0.444 e. The number of ether oxygens (including phenoxy) is 1. The van der Waals surface area contributed by atoms with Crippen molar-refractivity contribution in [3.05, 3.63) is 69.2 Å². The van der Waals surface area contributed by atoms with Crippen LogP contribution in [-0.2, 0) is 11.2 Å². The zero-order valence-corrected chi connectivity index (χ0v) is 18.7. The molecule has 0 unspecified atom stereocenters. The summed E-state index contributed by atoms with van der Waals surface area (Å²) in [4.78, 5) is 41.7. The molecule has 2 aromatic rings. The number of halogens is 1. The molecule has 2 aliphatic rings. The molecule has 0 aliphatic carbocycles. The summed E-state index contributed by atoms with van der Waals surface area (Å²) in [6.45, 7) is 5.99. The van der Waals surface area contributed by atoms with Gasteiger partial charge in [0.2, 0.25) is 0 Å². The molecule has 2 aromatic carbocycles. The number of benzene rings is 2. The number of carbonyl (C=O) groups is 3. The second-order valence-electron chi connectivity index (χ2n) is 8.55. The van der Waals surface area contributed by atoms with Gasteiger partial charge in [-0.15, -0.1) is 0 Å². The number of nitrogens with zero attached hydrogens (tertiary/aromatic N) is 2. The number of carbonyl (C=O) groups excluding carboxylic acids is 3. The number of imide groups is 1. The first-order chi connectivity index (χ1) is 14.2. The van der Waals surface area contributed by atoms with Gasteiger partial charge in [0.15, 0.2) is 0 Å². The fraction of sp³-hybridized carbons (Fsp3) is 0.348. The molecule has 0 aromatic heterocycles. The monoisotopic (exact) mass is 470 g/mol. The highest BCUT2D eigenvalue weighted by molar-refractivity contribution is 9.10. The van der Waals surface area contributed by atoms with Crippen molar-refractivity contribution in [1.29, 1.82) is 0 Å². The maximum absolute atomic E-state index is 13.0. The van der Waals surface area contributed by atoms with Crippen LogP contribution in [0.3, 0.4) is 0 Å². The highest BCUT2D eigenvalue weighted by Crippen LogP contribution is 2.35. The average molecular weight is 471 g/mol. The summed E-state index contributed by atoms with van der Waals surface area (Å²) in [5, 5.41) is 0. The highest BCUT2D eigenvalue weighted by Gasteiger charge is 2.41. The van der Waals surface area contributed by atoms with Gasteiger partial charge in [0.1, 0.15) is 5.60 Å². The van der Waals surface area contributed by atoms with E-state index in [9.17, 15) is 14.4 Å². The molecule has 6 nitrogen and oxygen atoms in total. The van der Waals surface area contributed by atoms with Crippen LogP contribution >= 0.6 is 15.9 Å². The number of fused-ring (bicyclic) bond motifs is 2. The summed E-state index contributed by atoms with van der Waals surface area (Å²) in [5.74, 6) is -0.659. The molecule has 7 heteroatoms. The van der Waals surface area contributed by atoms with Crippen molar-refractivity contribution >= 4 is 33.8 Å². The van der Waals surface area contributed by atoms with Crippen LogP contribution in [0.2, 0.25) is 0 Å². The fourth-order valence-electron chi connectivity index (χ4n) is 3.99. The Balaban J connectivity index is 1.69. The second-order valence-corrected chi connectivity index (χ2v) is 9.46. The minimum absolute atomic E-state index is 0.0836. The molecule has 0 spiro atoms. The standard InChI is InChI=1S/C23H23BrN2O4/c1-23(2,3)30-22(29)25-11-10-14-12-15(24)8-9-16(14)19(25)13-26-20(27)17-6-4-5-7-18(17)21(26)28/h4-9,12,19H,10-11,13H2,1-3H3/t19-/m1/s1. The number of hydrogen-bond acceptors (Lipinski definition) is 4. The van der Waals surface area contributed by atoms with Gasteiger partial charge in [-0.05, 0) is 62.6 Å². The summed E-state index contributed by atoms with van der Waals surface area (Å²) >= 11 is 3.50. The first-order valence-electron chi connectivity index (χ1n) is 9.89. The molecule has 30 heavy (non-hydrogen) atoms. The summed E-state index contributed by atoms with van der Waals surface area (Å²) in [7, 11) is 0. The molecule has 3 amide bonds. The normalized spacial score (nSPS) is 18.3. The van der Waals surface area contributed by atoms with Gasteiger partial charge >= 0.3 is 6.09 Å². The quantitative estimate of drug-likeness (QED) is 0.602. The van der Waals surface area contributed by atoms with E-state index in [4.69, 9.17) is 4.74 Å². The second kappa shape index (κ2) is 7.54. The lowest BCUT2D eigenvalue weighted by Gasteiger charge is -2.39. The molecule has 0 saturated heterocycles. The van der Waals surface area contributed by atoms with Crippen molar-refractivity contribution in [3.8, 4) is 0 Å². The van der Waals surface area contributed by atoms with E-state index < -0.39 is 17.7 Å². The number of hydrogen-bond donors (Lipinski definition) is 0. The van der Waals surface area contributed by atoms with Gasteiger partial charge in [0, 0.05) is 11.0 Å². The van der Waals surface area contributed by atoms with Gasteiger partial charge < -0.3 is 4.74 Å². The van der Waals surface area contributed by atoms with Crippen LogP contribution in [0, 0.1) is 0 Å². The van der Waals surface area contributed by atoms with E-state index in [2.05, 4.69) is 15.9 Å². The summed E-state index contributed by atoms with van der Waals surface area (Å²) in [6.07, 6.45) is 0.227. The lowest BCUT2D eigenvalue weighted by molar-refractivity contribution is 0.00987. The first kappa shape index (κ1) is 20.6. The Labute approximate surface area is 183 Å². The van der Waals surface area contributed by atoms with Crippen LogP contribution in [-0.4, -0.2) is 46.4 Å². The summed E-state index contributed by atoms with van der Waals surface area (Å²) in [5.41, 5.74) is 2.17. The Hall–Kier alpha value is -2.67. The van der Waals surface area contributed by atoms with Gasteiger partial charge in [-0.1, -0.05) is 34.1 Å². The smallest absolute Gasteiger partial charge is 0.410 e. The third kappa shape index (κ3) is 3.74. The van der Waals surface area contributed by atoms with E-state index in [1.54, 1.807) is 29.2 Å². The maximum Gasteiger partial charge on any atom is 0.410 e. The van der Waals surface area contributed by atoms with E-state index in [0.29, 0.717) is 24.1 Å². The fourth-order valence-corrected chi connectivity index (χ4v) is 4.40. The molecule has 0 fully saturated rings. The van der Waals surface area contributed by atoms with Gasteiger partial charge in [-0.25, -0.2) is 4.79 Å². The van der Waals surface area contributed by atoms with Gasteiger partial charge in [0.25, 0.3) is 11.8 Å². The predicted octanol–water partition coefficient (Wildman–Crippen LogP) is 4.58. The zero-order chi connectivity index (χ0) is 21.6. The zero-order valence-electron chi connectivity index (χ0n) is 17.1. The van der Waals surface area contributed by atoms with Gasteiger partial charge in [0.05, 0.1) is 23.7 Å². The number of rotatable bonds is 2. The van der Waals surface area contributed by atoms with Crippen LogP contribution in [0.1, 0.15) is 58.7 Å². The van der Waals surface area contributed by atoms with Crippen molar-refractivity contribution in [2.45, 2.75) is 38.8 Å². The topological polar surface area (TPSA) is 66.9 Å². The molecule has 0 N–H and O–H groups in total. The van der Waals surface area contributed by atoms with Crippen molar-refractivity contribution in [2.24, 2.45) is 0 Å². The molecule has 0 bridgehead atoms. The number of amides is 3. The van der Waals surface area contributed by atoms with Crippen LogP contribution in [0.4, 0.5) is 4.79 Å². The first-order valence-corrected chi connectivity index (χ1v) is 10.7. The lowest BCUT2D eigenvalue weighted by Crippen LogP contribution is -2.48. The van der Waals surface area contributed by atoms with Crippen LogP contribution < -0.4 is 0 Å². The highest BCUT2D eigenvalue weighted by atomic mass is 79.9. The Morgan fingerprint density at radius 1 is 1.10 bits per heavy atom. The molecule has 0 radical (unpaired) electrons. The van der Waals surface area contributed by atoms with Crippen molar-refractivity contribution in [2.75, 3.05) is 13.1 Å². The van der Waals surface area contributed by atoms with Crippen LogP contribution in [0.15, 0.2) is 46.9 Å². The Bertz CT molecular complexity index is 1010. The van der Waals surface area contributed by atoms with Crippen molar-refractivity contribution < 1.29 is 19.1 Å². The van der Waals surface area contributed by atoms with E-state index >= 15 is 0 Å². The van der Waals surface area contributed by atoms with E-state index in [-0.39, 0.29) is 18.4 Å². The molecule has 0 saturated carbocycles. The van der Waals surface area contributed by atoms with Crippen LogP contribution in [0.5, 0.6) is 0 Å². The third-order valence-electron chi connectivity index (χ3n) is 5.32.